The van der Waals surface area contributed by atoms with Gasteiger partial charge in [0.05, 0.1) is 11.4 Å². The lowest BCUT2D eigenvalue weighted by molar-refractivity contribution is -0.118. The first kappa shape index (κ1) is 21.6. The number of carbonyl (C=O) groups is 1. The lowest BCUT2D eigenvalue weighted by atomic mass is 9.90. The number of hydrogen-bond acceptors (Lipinski definition) is 6. The van der Waals surface area contributed by atoms with Crippen molar-refractivity contribution in [3.8, 4) is 11.5 Å². The number of nitrogens with one attached hydrogen (secondary N) is 1. The van der Waals surface area contributed by atoms with Gasteiger partial charge in [-0.2, -0.15) is 0 Å². The number of amides is 1. The van der Waals surface area contributed by atoms with Crippen molar-refractivity contribution in [2.45, 2.75) is 44.2 Å². The number of rotatable bonds is 5. The van der Waals surface area contributed by atoms with Crippen molar-refractivity contribution in [3.05, 3.63) is 42.5 Å². The predicted octanol–water partition coefficient (Wildman–Crippen LogP) is 3.74. The summed E-state index contributed by atoms with van der Waals surface area (Å²) < 4.78 is 12.1. The van der Waals surface area contributed by atoms with Gasteiger partial charge in [0.1, 0.15) is 11.9 Å². The third kappa shape index (κ3) is 4.41. The first-order valence-electron chi connectivity index (χ1n) is 12.8. The molecule has 4 aliphatic rings. The van der Waals surface area contributed by atoms with E-state index in [4.69, 9.17) is 9.47 Å². The van der Waals surface area contributed by atoms with Gasteiger partial charge >= 0.3 is 0 Å². The van der Waals surface area contributed by atoms with Crippen LogP contribution in [-0.4, -0.2) is 68.8 Å². The monoisotopic (exact) mass is 462 g/mol. The van der Waals surface area contributed by atoms with Gasteiger partial charge in [-0.25, -0.2) is 0 Å². The van der Waals surface area contributed by atoms with Gasteiger partial charge in [-0.05, 0) is 62.1 Å². The lowest BCUT2D eigenvalue weighted by Crippen LogP contribution is -2.47. The molecule has 0 bridgehead atoms. The molecule has 0 atom stereocenters. The number of carbonyl (C=O) groups excluding carboxylic acids is 1. The Morgan fingerprint density at radius 3 is 2.29 bits per heavy atom. The first-order chi connectivity index (χ1) is 16.7. The number of piperazine rings is 1. The number of hydrogen-bond donors (Lipinski definition) is 1. The molecule has 2 saturated heterocycles. The zero-order valence-electron chi connectivity index (χ0n) is 19.7. The zero-order chi connectivity index (χ0) is 22.9. The summed E-state index contributed by atoms with van der Waals surface area (Å²) in [5.74, 6) is 1.68. The average Bonchev–Trinajstić information content (AvgIpc) is 2.84. The van der Waals surface area contributed by atoms with Crippen molar-refractivity contribution in [1.29, 1.82) is 0 Å². The SMILES string of the molecule is O=C1COc2c(cccc2N2CCN(c3ccc(OC4CCN(C5CCC5)CC4)cc3)CC2)N1. The molecule has 0 spiro atoms. The van der Waals surface area contributed by atoms with E-state index in [2.05, 4.69) is 50.3 Å². The number of ether oxygens (including phenoxy) is 2. The van der Waals surface area contributed by atoms with Crippen LogP contribution in [0.1, 0.15) is 32.1 Å². The number of anilines is 3. The van der Waals surface area contributed by atoms with Gasteiger partial charge in [0.2, 0.25) is 0 Å². The van der Waals surface area contributed by atoms with E-state index < -0.39 is 0 Å². The summed E-state index contributed by atoms with van der Waals surface area (Å²) in [5.41, 5.74) is 3.06. The fourth-order valence-corrected chi connectivity index (χ4v) is 5.59. The van der Waals surface area contributed by atoms with Crippen LogP contribution in [-0.2, 0) is 4.79 Å². The molecule has 180 valence electrons. The van der Waals surface area contributed by atoms with Gasteiger partial charge in [-0.15, -0.1) is 0 Å². The third-order valence-electron chi connectivity index (χ3n) is 7.81. The van der Waals surface area contributed by atoms with Crippen LogP contribution in [0.25, 0.3) is 0 Å². The minimum Gasteiger partial charge on any atom is -0.490 e. The number of nitrogens with zero attached hydrogens (tertiary/aromatic N) is 3. The van der Waals surface area contributed by atoms with Crippen LogP contribution in [0.4, 0.5) is 17.1 Å². The molecule has 1 amide bonds. The van der Waals surface area contributed by atoms with Crippen molar-refractivity contribution >= 4 is 23.0 Å². The summed E-state index contributed by atoms with van der Waals surface area (Å²) in [6.07, 6.45) is 6.80. The third-order valence-corrected chi connectivity index (χ3v) is 7.81. The summed E-state index contributed by atoms with van der Waals surface area (Å²) in [4.78, 5) is 19.1. The molecule has 3 heterocycles. The summed E-state index contributed by atoms with van der Waals surface area (Å²) in [7, 11) is 0. The van der Waals surface area contributed by atoms with E-state index in [1.807, 2.05) is 12.1 Å². The molecule has 1 aliphatic carbocycles. The van der Waals surface area contributed by atoms with Crippen molar-refractivity contribution in [3.63, 3.8) is 0 Å². The van der Waals surface area contributed by atoms with E-state index in [1.165, 1.54) is 38.0 Å². The molecular weight excluding hydrogens is 428 g/mol. The maximum Gasteiger partial charge on any atom is 0.262 e. The molecule has 3 fully saturated rings. The second-order valence-corrected chi connectivity index (χ2v) is 9.90. The highest BCUT2D eigenvalue weighted by Crippen LogP contribution is 2.38. The molecule has 2 aromatic rings. The van der Waals surface area contributed by atoms with E-state index in [0.717, 1.165) is 67.9 Å². The molecule has 7 heteroatoms. The van der Waals surface area contributed by atoms with Crippen LogP contribution < -0.4 is 24.6 Å². The molecule has 34 heavy (non-hydrogen) atoms. The van der Waals surface area contributed by atoms with E-state index in [1.54, 1.807) is 0 Å². The van der Waals surface area contributed by atoms with E-state index in [0.29, 0.717) is 6.10 Å². The Morgan fingerprint density at radius 1 is 0.853 bits per heavy atom. The van der Waals surface area contributed by atoms with Gasteiger partial charge in [0, 0.05) is 51.0 Å². The maximum atomic E-state index is 11.6. The van der Waals surface area contributed by atoms with Gasteiger partial charge in [-0.1, -0.05) is 12.5 Å². The fraction of sp³-hybridized carbons (Fsp3) is 0.519. The highest BCUT2D eigenvalue weighted by atomic mass is 16.5. The van der Waals surface area contributed by atoms with Gasteiger partial charge in [-0.3, -0.25) is 4.79 Å². The van der Waals surface area contributed by atoms with Crippen LogP contribution in [0.3, 0.4) is 0 Å². The predicted molar refractivity (Wildman–Crippen MR) is 134 cm³/mol. The Hall–Kier alpha value is -2.93. The Bertz CT molecular complexity index is 1010. The average molecular weight is 463 g/mol. The molecule has 6 rings (SSSR count). The Balaban J connectivity index is 1.02. The maximum absolute atomic E-state index is 11.6. The van der Waals surface area contributed by atoms with E-state index in [9.17, 15) is 4.79 Å². The molecule has 1 saturated carbocycles. The summed E-state index contributed by atoms with van der Waals surface area (Å²) in [5, 5.41) is 2.91. The largest absolute Gasteiger partial charge is 0.490 e. The standard InChI is InChI=1S/C27H34N4O3/c32-26-19-33-27-24(28-26)5-2-6-25(27)31-17-15-30(16-18-31)21-7-9-22(10-8-21)34-23-11-13-29(14-12-23)20-3-1-4-20/h2,5-10,20,23H,1,3-4,11-19H2,(H,28,32). The van der Waals surface area contributed by atoms with Gasteiger partial charge in [0.25, 0.3) is 5.91 Å². The van der Waals surface area contributed by atoms with Crippen molar-refractivity contribution < 1.29 is 14.3 Å². The quantitative estimate of drug-likeness (QED) is 0.731. The number of fused-ring (bicyclic) bond motifs is 1. The summed E-state index contributed by atoms with van der Waals surface area (Å²) in [6, 6.07) is 15.4. The summed E-state index contributed by atoms with van der Waals surface area (Å²) >= 11 is 0. The van der Waals surface area contributed by atoms with Crippen LogP contribution in [0.5, 0.6) is 11.5 Å². The van der Waals surface area contributed by atoms with Gasteiger partial charge < -0.3 is 29.5 Å². The normalized spacial score (nSPS) is 21.9. The minimum absolute atomic E-state index is 0.0814. The molecule has 0 radical (unpaired) electrons. The van der Waals surface area contributed by atoms with E-state index >= 15 is 0 Å². The first-order valence-corrected chi connectivity index (χ1v) is 12.8. The Labute approximate surface area is 201 Å². The molecular formula is C27H34N4O3. The topological polar surface area (TPSA) is 57.3 Å². The lowest BCUT2D eigenvalue weighted by Gasteiger charge is -2.41. The molecule has 1 N–H and O–H groups in total. The second kappa shape index (κ2) is 9.37. The van der Waals surface area contributed by atoms with Crippen LogP contribution >= 0.6 is 0 Å². The highest BCUT2D eigenvalue weighted by molar-refractivity contribution is 5.97. The Morgan fingerprint density at radius 2 is 1.59 bits per heavy atom. The molecule has 7 nitrogen and oxygen atoms in total. The Kier molecular flexibility index (Phi) is 5.95. The highest BCUT2D eigenvalue weighted by Gasteiger charge is 2.29. The van der Waals surface area contributed by atoms with Crippen LogP contribution in [0, 0.1) is 0 Å². The smallest absolute Gasteiger partial charge is 0.262 e. The van der Waals surface area contributed by atoms with Crippen LogP contribution in [0.2, 0.25) is 0 Å². The number of para-hydroxylation sites is 1. The summed E-state index contributed by atoms with van der Waals surface area (Å²) in [6.45, 7) is 6.14. The molecule has 2 aromatic carbocycles. The zero-order valence-corrected chi connectivity index (χ0v) is 19.7. The second-order valence-electron chi connectivity index (χ2n) is 9.90. The molecule has 0 aromatic heterocycles. The minimum atomic E-state index is -0.0963. The van der Waals surface area contributed by atoms with Crippen molar-refractivity contribution in [1.82, 2.24) is 4.90 Å². The van der Waals surface area contributed by atoms with Crippen molar-refractivity contribution in [2.75, 3.05) is 61.0 Å². The van der Waals surface area contributed by atoms with E-state index in [-0.39, 0.29) is 12.5 Å². The van der Waals surface area contributed by atoms with Gasteiger partial charge in [0.15, 0.2) is 12.4 Å². The molecule has 0 unspecified atom stereocenters. The number of likely N-dealkylation sites (tertiary alicyclic amines) is 1. The molecule has 3 aliphatic heterocycles. The van der Waals surface area contributed by atoms with Crippen molar-refractivity contribution in [2.24, 2.45) is 0 Å². The number of benzene rings is 2. The van der Waals surface area contributed by atoms with Crippen LogP contribution in [0.15, 0.2) is 42.5 Å². The fourth-order valence-electron chi connectivity index (χ4n) is 5.59. The number of piperidine rings is 1.